The second-order valence-electron chi connectivity index (χ2n) is 16.6. The molecule has 0 aliphatic heterocycles. The average molecular weight is 797 g/mol. The van der Waals surface area contributed by atoms with Crippen LogP contribution in [0.5, 0.6) is 0 Å². The molecular formula is C60H48N2. The molecule has 62 heavy (non-hydrogen) atoms. The van der Waals surface area contributed by atoms with Gasteiger partial charge in [0.2, 0.25) is 0 Å². The largest absolute Gasteiger partial charge is 0.310 e. The Bertz CT molecular complexity index is 2890. The van der Waals surface area contributed by atoms with E-state index in [1.54, 1.807) is 0 Å². The van der Waals surface area contributed by atoms with Crippen molar-refractivity contribution in [2.24, 2.45) is 0 Å². The summed E-state index contributed by atoms with van der Waals surface area (Å²) in [5, 5.41) is 4.88. The van der Waals surface area contributed by atoms with Gasteiger partial charge in [0.1, 0.15) is 0 Å². The predicted molar refractivity (Wildman–Crippen MR) is 266 cm³/mol. The zero-order valence-electron chi connectivity index (χ0n) is 35.7. The maximum Gasteiger partial charge on any atom is 0.0468 e. The quantitative estimate of drug-likeness (QED) is 0.144. The molecule has 2 heteroatoms. The highest BCUT2D eigenvalue weighted by molar-refractivity contribution is 5.99. The standard InChI is InChI=1S/C60H48N2/c1-41-13-25-51(26-14-41)61(52-27-15-42(2)16-28-52)55-33-35-57(59(39-55)49-23-21-45-9-5-7-11-47(45)37-49)58-36-34-56(40-60(58)50-24-22-46-10-6-8-12-48(46)38-50)62(53-29-17-43(3)18-30-53)54-31-19-44(4)20-32-54/h5-40H,1-4H3. The van der Waals surface area contributed by atoms with E-state index in [-0.39, 0.29) is 0 Å². The molecule has 10 rings (SSSR count). The SMILES string of the molecule is Cc1ccc(N(c2ccc(C)cc2)c2ccc(-c3ccc(N(c4ccc(C)cc4)c4ccc(C)cc4)cc3-c3ccc4ccccc4c3)c(-c3ccc4ccccc4c3)c2)cc1. The lowest BCUT2D eigenvalue weighted by Crippen LogP contribution is -2.11. The summed E-state index contributed by atoms with van der Waals surface area (Å²) in [6.07, 6.45) is 0. The van der Waals surface area contributed by atoms with Gasteiger partial charge in [0, 0.05) is 34.1 Å². The van der Waals surface area contributed by atoms with E-state index >= 15 is 0 Å². The summed E-state index contributed by atoms with van der Waals surface area (Å²) in [5.74, 6) is 0. The van der Waals surface area contributed by atoms with Gasteiger partial charge in [-0.05, 0) is 168 Å². The number of benzene rings is 10. The minimum atomic E-state index is 1.10. The number of nitrogens with zero attached hydrogens (tertiary/aromatic N) is 2. The Balaban J connectivity index is 1.23. The fourth-order valence-corrected chi connectivity index (χ4v) is 8.67. The van der Waals surface area contributed by atoms with Crippen LogP contribution in [-0.4, -0.2) is 0 Å². The van der Waals surface area contributed by atoms with E-state index in [2.05, 4.69) is 256 Å². The van der Waals surface area contributed by atoms with Gasteiger partial charge in [-0.2, -0.15) is 0 Å². The van der Waals surface area contributed by atoms with Crippen molar-refractivity contribution in [2.45, 2.75) is 27.7 Å². The Hall–Kier alpha value is -7.68. The van der Waals surface area contributed by atoms with E-state index in [0.29, 0.717) is 0 Å². The van der Waals surface area contributed by atoms with Crippen LogP contribution < -0.4 is 9.80 Å². The molecule has 0 fully saturated rings. The van der Waals surface area contributed by atoms with Crippen LogP contribution in [0.3, 0.4) is 0 Å². The molecular weight excluding hydrogens is 749 g/mol. The topological polar surface area (TPSA) is 6.48 Å². The van der Waals surface area contributed by atoms with Crippen molar-refractivity contribution in [3.05, 3.63) is 241 Å². The fourth-order valence-electron chi connectivity index (χ4n) is 8.67. The van der Waals surface area contributed by atoms with E-state index in [9.17, 15) is 0 Å². The van der Waals surface area contributed by atoms with Crippen LogP contribution in [0.15, 0.2) is 218 Å². The summed E-state index contributed by atoms with van der Waals surface area (Å²) in [4.78, 5) is 4.75. The molecule has 0 atom stereocenters. The summed E-state index contributed by atoms with van der Waals surface area (Å²) in [5.41, 5.74) is 18.6. The summed E-state index contributed by atoms with van der Waals surface area (Å²) in [6, 6.07) is 80.5. The van der Waals surface area contributed by atoms with Gasteiger partial charge in [0.05, 0.1) is 0 Å². The minimum absolute atomic E-state index is 1.10. The highest BCUT2D eigenvalue weighted by Gasteiger charge is 2.21. The Morgan fingerprint density at radius 2 is 0.516 bits per heavy atom. The fraction of sp³-hybridized carbons (Fsp3) is 0.0667. The van der Waals surface area contributed by atoms with E-state index in [0.717, 1.165) is 34.1 Å². The molecule has 0 spiro atoms. The zero-order chi connectivity index (χ0) is 42.2. The smallest absolute Gasteiger partial charge is 0.0468 e. The third-order valence-corrected chi connectivity index (χ3v) is 12.1. The monoisotopic (exact) mass is 796 g/mol. The maximum absolute atomic E-state index is 2.39. The van der Waals surface area contributed by atoms with Gasteiger partial charge in [-0.25, -0.2) is 0 Å². The molecule has 0 saturated heterocycles. The summed E-state index contributed by atoms with van der Waals surface area (Å²) in [6.45, 7) is 8.58. The van der Waals surface area contributed by atoms with E-state index in [1.807, 2.05) is 0 Å². The molecule has 0 saturated carbocycles. The molecule has 2 nitrogen and oxygen atoms in total. The first-order chi connectivity index (χ1) is 30.3. The molecule has 0 aliphatic rings. The van der Waals surface area contributed by atoms with Crippen LogP contribution >= 0.6 is 0 Å². The average Bonchev–Trinajstić information content (AvgIpc) is 3.31. The van der Waals surface area contributed by atoms with Crippen molar-refractivity contribution in [2.75, 3.05) is 9.80 Å². The number of anilines is 6. The molecule has 0 N–H and O–H groups in total. The first-order valence-corrected chi connectivity index (χ1v) is 21.5. The Labute approximate surface area is 365 Å². The lowest BCUT2D eigenvalue weighted by Gasteiger charge is -2.28. The number of rotatable bonds is 9. The zero-order valence-corrected chi connectivity index (χ0v) is 35.7. The molecule has 0 heterocycles. The number of hydrogen-bond acceptors (Lipinski definition) is 2. The Morgan fingerprint density at radius 3 is 0.839 bits per heavy atom. The van der Waals surface area contributed by atoms with Gasteiger partial charge < -0.3 is 9.80 Å². The van der Waals surface area contributed by atoms with Crippen LogP contribution in [0.1, 0.15) is 22.3 Å². The van der Waals surface area contributed by atoms with Crippen molar-refractivity contribution >= 4 is 55.7 Å². The lowest BCUT2D eigenvalue weighted by molar-refractivity contribution is 1.26. The Kier molecular flexibility index (Phi) is 10.2. The van der Waals surface area contributed by atoms with Crippen molar-refractivity contribution in [1.82, 2.24) is 0 Å². The molecule has 10 aromatic carbocycles. The summed E-state index contributed by atoms with van der Waals surface area (Å²) >= 11 is 0. The summed E-state index contributed by atoms with van der Waals surface area (Å²) in [7, 11) is 0. The molecule has 0 radical (unpaired) electrons. The number of aryl methyl sites for hydroxylation is 4. The van der Waals surface area contributed by atoms with Gasteiger partial charge in [-0.1, -0.05) is 156 Å². The minimum Gasteiger partial charge on any atom is -0.310 e. The van der Waals surface area contributed by atoms with E-state index in [4.69, 9.17) is 0 Å². The third kappa shape index (κ3) is 7.64. The molecule has 0 aliphatic carbocycles. The Morgan fingerprint density at radius 1 is 0.226 bits per heavy atom. The van der Waals surface area contributed by atoms with Gasteiger partial charge in [0.15, 0.2) is 0 Å². The third-order valence-electron chi connectivity index (χ3n) is 12.1. The van der Waals surface area contributed by atoms with Crippen LogP contribution in [0, 0.1) is 27.7 Å². The van der Waals surface area contributed by atoms with Crippen LogP contribution in [0.25, 0.3) is 54.9 Å². The van der Waals surface area contributed by atoms with Gasteiger partial charge in [-0.3, -0.25) is 0 Å². The lowest BCUT2D eigenvalue weighted by atomic mass is 9.87. The van der Waals surface area contributed by atoms with Gasteiger partial charge in [-0.15, -0.1) is 0 Å². The normalized spacial score (nSPS) is 11.2. The first-order valence-electron chi connectivity index (χ1n) is 21.5. The predicted octanol–water partition coefficient (Wildman–Crippen LogP) is 17.2. The molecule has 0 amide bonds. The van der Waals surface area contributed by atoms with E-state index in [1.165, 1.54) is 77.2 Å². The maximum atomic E-state index is 2.39. The van der Waals surface area contributed by atoms with Crippen LogP contribution in [0.4, 0.5) is 34.1 Å². The highest BCUT2D eigenvalue weighted by atomic mass is 15.1. The number of fused-ring (bicyclic) bond motifs is 2. The van der Waals surface area contributed by atoms with Crippen molar-refractivity contribution in [1.29, 1.82) is 0 Å². The first kappa shape index (κ1) is 38.5. The second-order valence-corrected chi connectivity index (χ2v) is 16.6. The molecule has 0 bridgehead atoms. The molecule has 0 unspecified atom stereocenters. The van der Waals surface area contributed by atoms with Crippen molar-refractivity contribution in [3.63, 3.8) is 0 Å². The van der Waals surface area contributed by atoms with Gasteiger partial charge >= 0.3 is 0 Å². The highest BCUT2D eigenvalue weighted by Crippen LogP contribution is 2.46. The van der Waals surface area contributed by atoms with Crippen LogP contribution in [0.2, 0.25) is 0 Å². The number of hydrogen-bond donors (Lipinski definition) is 0. The molecule has 298 valence electrons. The van der Waals surface area contributed by atoms with Gasteiger partial charge in [0.25, 0.3) is 0 Å². The summed E-state index contributed by atoms with van der Waals surface area (Å²) < 4.78 is 0. The second kappa shape index (κ2) is 16.4. The van der Waals surface area contributed by atoms with Crippen molar-refractivity contribution in [3.8, 4) is 33.4 Å². The van der Waals surface area contributed by atoms with Crippen LogP contribution in [-0.2, 0) is 0 Å². The van der Waals surface area contributed by atoms with E-state index < -0.39 is 0 Å². The molecule has 0 aromatic heterocycles. The molecule has 10 aromatic rings. The van der Waals surface area contributed by atoms with Crippen molar-refractivity contribution < 1.29 is 0 Å².